The molecule has 0 atom stereocenters. The molecule has 0 bridgehead atoms. The summed E-state index contributed by atoms with van der Waals surface area (Å²) in [7, 11) is 0. The van der Waals surface area contributed by atoms with E-state index in [9.17, 15) is 0 Å². The van der Waals surface area contributed by atoms with Gasteiger partial charge < -0.3 is 19.9 Å². The van der Waals surface area contributed by atoms with Gasteiger partial charge in [-0.3, -0.25) is 4.98 Å². The third kappa shape index (κ3) is 5.30. The molecule has 0 saturated heterocycles. The van der Waals surface area contributed by atoms with E-state index in [1.54, 1.807) is 24.0 Å². The van der Waals surface area contributed by atoms with Crippen LogP contribution >= 0.6 is 0 Å². The monoisotopic (exact) mass is 464 g/mol. The summed E-state index contributed by atoms with van der Waals surface area (Å²) >= 11 is 0. The lowest BCUT2D eigenvalue weighted by Gasteiger charge is -2.07. The topological polar surface area (TPSA) is 153 Å². The molecule has 3 heterocycles. The lowest BCUT2D eigenvalue weighted by molar-refractivity contribution is 0.0986. The molecule has 0 aliphatic heterocycles. The van der Waals surface area contributed by atoms with Crippen LogP contribution in [0, 0.1) is 0 Å². The van der Waals surface area contributed by atoms with E-state index in [0.29, 0.717) is 35.0 Å². The van der Waals surface area contributed by atoms with Crippen LogP contribution < -0.4 is 0 Å². The summed E-state index contributed by atoms with van der Waals surface area (Å²) in [4.78, 5) is 23.5. The van der Waals surface area contributed by atoms with E-state index in [-0.39, 0.29) is 26.4 Å². The van der Waals surface area contributed by atoms with Gasteiger partial charge in [0.2, 0.25) is 5.65 Å². The first-order chi connectivity index (χ1) is 16.6. The third-order valence-electron chi connectivity index (χ3n) is 4.86. The van der Waals surface area contributed by atoms with Crippen LogP contribution in [0.25, 0.3) is 22.2 Å². The molecule has 0 aliphatic carbocycles. The minimum Gasteiger partial charge on any atom is -0.393 e. The van der Waals surface area contributed by atoms with E-state index in [1.807, 2.05) is 31.2 Å². The second-order valence-corrected chi connectivity index (χ2v) is 7.37. The number of benzene rings is 1. The Morgan fingerprint density at radius 2 is 1.74 bits per heavy atom. The molecule has 12 heteroatoms. The molecule has 12 nitrogen and oxygen atoms in total. The Bertz CT molecular complexity index is 1350. The van der Waals surface area contributed by atoms with E-state index in [4.69, 9.17) is 19.9 Å². The van der Waals surface area contributed by atoms with Gasteiger partial charge >= 0.3 is 0 Å². The maximum Gasteiger partial charge on any atom is 0.221 e. The first kappa shape index (κ1) is 23.1. The molecule has 2 N–H and O–H groups in total. The van der Waals surface area contributed by atoms with Gasteiger partial charge in [0.05, 0.1) is 37.2 Å². The predicted molar refractivity (Wildman–Crippen MR) is 124 cm³/mol. The number of aromatic nitrogens is 6. The fourth-order valence-corrected chi connectivity index (χ4v) is 3.15. The zero-order chi connectivity index (χ0) is 23.9. The van der Waals surface area contributed by atoms with Crippen LogP contribution in [0.15, 0.2) is 47.0 Å². The Balaban J connectivity index is 1.60. The number of hydrogen-bond acceptors (Lipinski definition) is 11. The maximum atomic E-state index is 8.83. The lowest BCUT2D eigenvalue weighted by atomic mass is 10.1. The van der Waals surface area contributed by atoms with E-state index >= 15 is 0 Å². The minimum atomic E-state index is -0.120. The summed E-state index contributed by atoms with van der Waals surface area (Å²) in [6.45, 7) is 4.02. The van der Waals surface area contributed by atoms with Gasteiger partial charge in [0.25, 0.3) is 0 Å². The molecule has 0 radical (unpaired) electrons. The van der Waals surface area contributed by atoms with Gasteiger partial charge in [-0.1, -0.05) is 21.6 Å². The Labute approximate surface area is 194 Å². The Morgan fingerprint density at radius 1 is 0.971 bits per heavy atom. The van der Waals surface area contributed by atoms with Crippen molar-refractivity contribution in [3.8, 4) is 0 Å². The predicted octanol–water partition coefficient (Wildman–Crippen LogP) is 1.28. The van der Waals surface area contributed by atoms with Crippen molar-refractivity contribution in [3.63, 3.8) is 0 Å². The Hall–Kier alpha value is -4.03. The van der Waals surface area contributed by atoms with Crippen molar-refractivity contribution in [1.82, 2.24) is 29.9 Å². The molecule has 4 aromatic rings. The Morgan fingerprint density at radius 3 is 2.50 bits per heavy atom. The number of aliphatic hydroxyl groups excluding tert-OH is 2. The van der Waals surface area contributed by atoms with Crippen molar-refractivity contribution >= 4 is 33.6 Å². The molecular formula is C22H24N8O4. The summed E-state index contributed by atoms with van der Waals surface area (Å²) in [5.74, 6) is 0. The van der Waals surface area contributed by atoms with Crippen LogP contribution in [0.5, 0.6) is 0 Å². The molecule has 4 rings (SSSR count). The largest absolute Gasteiger partial charge is 0.393 e. The van der Waals surface area contributed by atoms with Crippen LogP contribution in [0.3, 0.4) is 0 Å². The minimum absolute atomic E-state index is 0.0944. The second-order valence-electron chi connectivity index (χ2n) is 7.37. The van der Waals surface area contributed by atoms with Gasteiger partial charge in [0.15, 0.2) is 5.65 Å². The average Bonchev–Trinajstić information content (AvgIpc) is 3.25. The molecule has 0 saturated carbocycles. The summed E-state index contributed by atoms with van der Waals surface area (Å²) in [5, 5.41) is 34.8. The third-order valence-corrected chi connectivity index (χ3v) is 4.86. The normalized spacial score (nSPS) is 12.5. The number of pyridine rings is 1. The van der Waals surface area contributed by atoms with Gasteiger partial charge in [-0.25, -0.2) is 14.6 Å². The van der Waals surface area contributed by atoms with Gasteiger partial charge in [0.1, 0.15) is 24.6 Å². The van der Waals surface area contributed by atoms with Crippen molar-refractivity contribution in [3.05, 3.63) is 53.5 Å². The van der Waals surface area contributed by atoms with Crippen molar-refractivity contribution in [2.45, 2.75) is 20.4 Å². The molecule has 0 spiro atoms. The van der Waals surface area contributed by atoms with Crippen LogP contribution in [-0.2, 0) is 16.2 Å². The van der Waals surface area contributed by atoms with Crippen LogP contribution in [-0.4, -0.2) is 78.0 Å². The number of aliphatic hydroxyl groups is 2. The number of nitrogens with zero attached hydrogens (tertiary/aromatic N) is 8. The van der Waals surface area contributed by atoms with Gasteiger partial charge in [0, 0.05) is 17.1 Å². The van der Waals surface area contributed by atoms with Crippen LogP contribution in [0.4, 0.5) is 0 Å². The van der Waals surface area contributed by atoms with E-state index in [2.05, 4.69) is 35.6 Å². The molecule has 176 valence electrons. The molecule has 0 amide bonds. The quantitative estimate of drug-likeness (QED) is 0.201. The highest BCUT2D eigenvalue weighted by Gasteiger charge is 2.12. The highest BCUT2D eigenvalue weighted by atomic mass is 16.6. The standard InChI is InChI=1S/C22H24N8O4/c1-14(27-33-7-5-31)18-10-17-9-16(3-4-19(17)23-11-18)13-30-22-21(26-29-30)24-12-20(25-22)15(2)28-34-8-6-32/h3-4,9-12,31-32H,5-8,13H2,1-2H3/b27-14-,28-15-. The van der Waals surface area contributed by atoms with Crippen LogP contribution in [0.2, 0.25) is 0 Å². The zero-order valence-corrected chi connectivity index (χ0v) is 18.8. The van der Waals surface area contributed by atoms with Crippen LogP contribution in [0.1, 0.15) is 30.7 Å². The fraction of sp³-hybridized carbons (Fsp3) is 0.318. The lowest BCUT2D eigenvalue weighted by Crippen LogP contribution is -2.07. The van der Waals surface area contributed by atoms with Crippen molar-refractivity contribution < 1.29 is 19.9 Å². The van der Waals surface area contributed by atoms with Crippen molar-refractivity contribution in [2.24, 2.45) is 10.3 Å². The van der Waals surface area contributed by atoms with E-state index in [0.717, 1.165) is 22.0 Å². The molecule has 3 aromatic heterocycles. The number of rotatable bonds is 10. The molecular weight excluding hydrogens is 440 g/mol. The SMILES string of the molecule is C/C(=N/OCCO)c1cnc2ccc(Cn3nnc4ncc(/C(C)=N\OCCO)nc43)cc2c1. The Kier molecular flexibility index (Phi) is 7.30. The smallest absolute Gasteiger partial charge is 0.221 e. The van der Waals surface area contributed by atoms with Gasteiger partial charge in [-0.05, 0) is 37.6 Å². The van der Waals surface area contributed by atoms with Gasteiger partial charge in [-0.15, -0.1) is 5.10 Å². The average molecular weight is 464 g/mol. The molecule has 34 heavy (non-hydrogen) atoms. The summed E-state index contributed by atoms with van der Waals surface area (Å²) in [5.41, 5.74) is 5.31. The highest BCUT2D eigenvalue weighted by molar-refractivity contribution is 6.00. The maximum absolute atomic E-state index is 8.83. The fourth-order valence-electron chi connectivity index (χ4n) is 3.15. The number of hydrogen-bond donors (Lipinski definition) is 2. The van der Waals surface area contributed by atoms with E-state index < -0.39 is 0 Å². The number of oxime groups is 2. The molecule has 0 unspecified atom stereocenters. The molecule has 0 fully saturated rings. The summed E-state index contributed by atoms with van der Waals surface area (Å²) in [6, 6.07) is 7.92. The summed E-state index contributed by atoms with van der Waals surface area (Å²) < 4.78 is 1.67. The highest BCUT2D eigenvalue weighted by Crippen LogP contribution is 2.18. The summed E-state index contributed by atoms with van der Waals surface area (Å²) in [6.07, 6.45) is 3.29. The number of fused-ring (bicyclic) bond motifs is 2. The van der Waals surface area contributed by atoms with Crippen molar-refractivity contribution in [1.29, 1.82) is 0 Å². The van der Waals surface area contributed by atoms with E-state index in [1.165, 1.54) is 0 Å². The van der Waals surface area contributed by atoms with Gasteiger partial charge in [-0.2, -0.15) is 0 Å². The zero-order valence-electron chi connectivity index (χ0n) is 18.8. The first-order valence-corrected chi connectivity index (χ1v) is 10.6. The second kappa shape index (κ2) is 10.7. The molecule has 0 aliphatic rings. The van der Waals surface area contributed by atoms with Crippen molar-refractivity contribution in [2.75, 3.05) is 26.4 Å². The first-order valence-electron chi connectivity index (χ1n) is 10.6. The molecule has 1 aromatic carbocycles.